The van der Waals surface area contributed by atoms with Crippen LogP contribution in [0.25, 0.3) is 21.2 Å². The van der Waals surface area contributed by atoms with Crippen molar-refractivity contribution >= 4 is 33.5 Å². The van der Waals surface area contributed by atoms with E-state index in [0.717, 1.165) is 38.8 Å². The Kier molecular flexibility index (Phi) is 14.6. The highest BCUT2D eigenvalue weighted by Gasteiger charge is 2.16. The van der Waals surface area contributed by atoms with Crippen LogP contribution in [-0.2, 0) is 33.8 Å². The number of fused-ring (bicyclic) bond motifs is 1. The van der Waals surface area contributed by atoms with Gasteiger partial charge >= 0.3 is 12.1 Å². The first-order valence-corrected chi connectivity index (χ1v) is 17.3. The largest absolute Gasteiger partial charge is 0.489 e. The lowest BCUT2D eigenvalue weighted by molar-refractivity contribution is -0.142. The van der Waals surface area contributed by atoms with Crippen molar-refractivity contribution in [1.82, 2.24) is 5.32 Å². The maximum atomic E-state index is 12.1. The van der Waals surface area contributed by atoms with Gasteiger partial charge in [-0.05, 0) is 104 Å². The predicted octanol–water partition coefficient (Wildman–Crippen LogP) is 10.6. The Labute approximate surface area is 279 Å². The van der Waals surface area contributed by atoms with E-state index in [4.69, 9.17) is 14.2 Å². The fourth-order valence-corrected chi connectivity index (χ4v) is 5.84. The number of rotatable bonds is 13. The average Bonchev–Trinajstić information content (AvgIpc) is 3.49. The number of amides is 1. The monoisotopic (exact) mass is 645 g/mol. The van der Waals surface area contributed by atoms with Gasteiger partial charge < -0.3 is 19.5 Å². The minimum atomic E-state index is -0.544. The van der Waals surface area contributed by atoms with Crippen molar-refractivity contribution in [2.24, 2.45) is 0 Å². The van der Waals surface area contributed by atoms with Crippen LogP contribution in [0.15, 0.2) is 66.0 Å². The molecule has 248 valence electrons. The summed E-state index contributed by atoms with van der Waals surface area (Å²) in [6.45, 7) is 14.9. The molecule has 1 heterocycles. The van der Waals surface area contributed by atoms with Crippen molar-refractivity contribution in [2.75, 3.05) is 6.61 Å². The normalized spacial score (nSPS) is 11.0. The number of alkyl carbamates (subject to hydrolysis) is 1. The van der Waals surface area contributed by atoms with E-state index >= 15 is 0 Å². The van der Waals surface area contributed by atoms with Crippen LogP contribution in [0.4, 0.5) is 4.79 Å². The second kappa shape index (κ2) is 18.3. The lowest BCUT2D eigenvalue weighted by Gasteiger charge is -2.19. The topological polar surface area (TPSA) is 73.9 Å². The van der Waals surface area contributed by atoms with Gasteiger partial charge in [0, 0.05) is 16.8 Å². The third kappa shape index (κ3) is 12.2. The lowest BCUT2D eigenvalue weighted by atomic mass is 9.99. The van der Waals surface area contributed by atoms with Gasteiger partial charge in [0.05, 0.1) is 13.0 Å². The first-order valence-electron chi connectivity index (χ1n) is 16.5. The number of carbonyl (C=O) groups excluding carboxylic acids is 2. The van der Waals surface area contributed by atoms with Crippen LogP contribution in [0.2, 0.25) is 0 Å². The molecule has 1 amide bonds. The van der Waals surface area contributed by atoms with Crippen molar-refractivity contribution in [2.45, 2.75) is 106 Å². The second-order valence-corrected chi connectivity index (χ2v) is 13.4. The van der Waals surface area contributed by atoms with Crippen molar-refractivity contribution < 1.29 is 23.8 Å². The molecular formula is C39H51NO5S. The standard InChI is InChI=1S/C32H35NO5S.C7H16/c1-6-36-29(34)18-25-11-10-21(2)14-28(25)37-20-23-16-26-12-13-39-30(26)27(17-23)24-9-7-8-22(15-24)19-33-31(35)38-32(3,4)5;1-3-5-7-6-4-2/h7-17H,6,18-20H2,1-5H3,(H,33,35);3-7H2,1-2H3. The van der Waals surface area contributed by atoms with Crippen molar-refractivity contribution in [3.63, 3.8) is 0 Å². The Morgan fingerprint density at radius 3 is 2.33 bits per heavy atom. The summed E-state index contributed by atoms with van der Waals surface area (Å²) in [5.41, 5.74) is 5.49. The second-order valence-electron chi connectivity index (χ2n) is 12.5. The third-order valence-electron chi connectivity index (χ3n) is 7.15. The molecule has 0 saturated carbocycles. The summed E-state index contributed by atoms with van der Waals surface area (Å²) in [6, 6.07) is 20.4. The summed E-state index contributed by atoms with van der Waals surface area (Å²) in [7, 11) is 0. The zero-order valence-corrected chi connectivity index (χ0v) is 29.5. The molecule has 0 bridgehead atoms. The highest BCUT2D eigenvalue weighted by atomic mass is 32.1. The lowest BCUT2D eigenvalue weighted by Crippen LogP contribution is -2.32. The zero-order valence-electron chi connectivity index (χ0n) is 28.7. The van der Waals surface area contributed by atoms with E-state index in [0.29, 0.717) is 25.5 Å². The quantitative estimate of drug-likeness (QED) is 0.116. The van der Waals surface area contributed by atoms with Gasteiger partial charge in [0.1, 0.15) is 18.0 Å². The molecule has 0 aliphatic heterocycles. The number of benzene rings is 3. The molecule has 0 spiro atoms. The van der Waals surface area contributed by atoms with E-state index in [1.54, 1.807) is 18.3 Å². The van der Waals surface area contributed by atoms with Crippen molar-refractivity contribution in [1.29, 1.82) is 0 Å². The Hall–Kier alpha value is -3.84. The van der Waals surface area contributed by atoms with E-state index in [9.17, 15) is 9.59 Å². The molecule has 0 aliphatic rings. The summed E-state index contributed by atoms with van der Waals surface area (Å²) in [5.74, 6) is 0.416. The number of nitrogens with one attached hydrogen (secondary N) is 1. The van der Waals surface area contributed by atoms with Gasteiger partial charge in [-0.2, -0.15) is 0 Å². The van der Waals surface area contributed by atoms with Gasteiger partial charge in [-0.25, -0.2) is 4.79 Å². The summed E-state index contributed by atoms with van der Waals surface area (Å²) in [4.78, 5) is 24.2. The van der Waals surface area contributed by atoms with E-state index < -0.39 is 11.7 Å². The highest BCUT2D eigenvalue weighted by molar-refractivity contribution is 7.17. The van der Waals surface area contributed by atoms with Gasteiger partial charge in [0.25, 0.3) is 0 Å². The van der Waals surface area contributed by atoms with Crippen LogP contribution in [0.5, 0.6) is 5.75 Å². The smallest absolute Gasteiger partial charge is 0.407 e. The highest BCUT2D eigenvalue weighted by Crippen LogP contribution is 2.35. The number of hydrogen-bond acceptors (Lipinski definition) is 6. The molecule has 0 aliphatic carbocycles. The van der Waals surface area contributed by atoms with Gasteiger partial charge in [-0.15, -0.1) is 11.3 Å². The molecule has 0 radical (unpaired) electrons. The molecule has 46 heavy (non-hydrogen) atoms. The predicted molar refractivity (Wildman–Crippen MR) is 191 cm³/mol. The number of aryl methyl sites for hydroxylation is 1. The summed E-state index contributed by atoms with van der Waals surface area (Å²) < 4.78 is 17.9. The first kappa shape index (κ1) is 36.6. The number of ether oxygens (including phenoxy) is 3. The Balaban J connectivity index is 0.000000738. The fraction of sp³-hybridized carbons (Fsp3) is 0.436. The Morgan fingerprint density at radius 1 is 0.870 bits per heavy atom. The van der Waals surface area contributed by atoms with Gasteiger partial charge in [0.2, 0.25) is 0 Å². The maximum Gasteiger partial charge on any atom is 0.407 e. The minimum Gasteiger partial charge on any atom is -0.489 e. The van der Waals surface area contributed by atoms with E-state index in [-0.39, 0.29) is 12.4 Å². The summed E-state index contributed by atoms with van der Waals surface area (Å²) in [5, 5.41) is 6.07. The molecule has 3 aromatic carbocycles. The number of hydrogen-bond donors (Lipinski definition) is 1. The Morgan fingerprint density at radius 2 is 1.63 bits per heavy atom. The van der Waals surface area contributed by atoms with Crippen LogP contribution in [-0.4, -0.2) is 24.3 Å². The summed E-state index contributed by atoms with van der Waals surface area (Å²) in [6.07, 6.45) is 6.74. The first-order chi connectivity index (χ1) is 22.0. The Bertz CT molecular complexity index is 1550. The molecule has 0 fully saturated rings. The van der Waals surface area contributed by atoms with Gasteiger partial charge in [0.15, 0.2) is 0 Å². The van der Waals surface area contributed by atoms with E-state index in [2.05, 4.69) is 54.9 Å². The third-order valence-corrected chi connectivity index (χ3v) is 8.11. The number of carbonyl (C=O) groups is 2. The molecule has 4 aromatic rings. The average molecular weight is 646 g/mol. The van der Waals surface area contributed by atoms with E-state index in [1.165, 1.54) is 36.8 Å². The van der Waals surface area contributed by atoms with Crippen LogP contribution in [0.1, 0.15) is 95.9 Å². The van der Waals surface area contributed by atoms with Crippen LogP contribution >= 0.6 is 11.3 Å². The number of thiophene rings is 1. The SMILES string of the molecule is CCCCCCC.CCOC(=O)Cc1ccc(C)cc1OCc1cc(-c2cccc(CNC(=O)OC(C)(C)C)c2)c2sccc2c1. The number of unbranched alkanes of at least 4 members (excludes halogenated alkanes) is 4. The van der Waals surface area contributed by atoms with Crippen LogP contribution < -0.4 is 10.1 Å². The molecule has 0 unspecified atom stereocenters. The van der Waals surface area contributed by atoms with Gasteiger partial charge in [-0.3, -0.25) is 4.79 Å². The van der Waals surface area contributed by atoms with Crippen molar-refractivity contribution in [3.05, 3.63) is 88.3 Å². The molecule has 6 nitrogen and oxygen atoms in total. The molecular weight excluding hydrogens is 594 g/mol. The maximum absolute atomic E-state index is 12.1. The molecule has 4 rings (SSSR count). The molecule has 1 N–H and O–H groups in total. The van der Waals surface area contributed by atoms with Crippen molar-refractivity contribution in [3.8, 4) is 16.9 Å². The molecule has 7 heteroatoms. The van der Waals surface area contributed by atoms with Crippen LogP contribution in [0.3, 0.4) is 0 Å². The van der Waals surface area contributed by atoms with Gasteiger partial charge in [-0.1, -0.05) is 76.3 Å². The molecule has 0 atom stereocenters. The number of esters is 1. The summed E-state index contributed by atoms with van der Waals surface area (Å²) >= 11 is 1.70. The van der Waals surface area contributed by atoms with E-state index in [1.807, 2.05) is 58.0 Å². The molecule has 0 saturated heterocycles. The van der Waals surface area contributed by atoms with Crippen LogP contribution in [0, 0.1) is 6.92 Å². The zero-order chi connectivity index (χ0) is 33.5. The molecule has 1 aromatic heterocycles. The minimum absolute atomic E-state index is 0.169. The fourth-order valence-electron chi connectivity index (χ4n) is 4.93.